The van der Waals surface area contributed by atoms with Gasteiger partial charge in [-0.25, -0.2) is 14.4 Å². The quantitative estimate of drug-likeness (QED) is 0.201. The van der Waals surface area contributed by atoms with Gasteiger partial charge in [-0.3, -0.25) is 10.6 Å². The first-order valence-electron chi connectivity index (χ1n) is 13.4. The highest BCUT2D eigenvalue weighted by atomic mass is 35.5. The molecule has 43 heavy (non-hydrogen) atoms. The van der Waals surface area contributed by atoms with Gasteiger partial charge in [-0.1, -0.05) is 54.4 Å². The zero-order valence-electron chi connectivity index (χ0n) is 24.0. The molecule has 4 rings (SSSR count). The number of nitrogens with one attached hydrogen (secondary N) is 2. The highest BCUT2D eigenvalue weighted by Gasteiger charge is 2.49. The molecule has 1 aliphatic heterocycles. The fourth-order valence-corrected chi connectivity index (χ4v) is 5.26. The van der Waals surface area contributed by atoms with Crippen LogP contribution in [0.5, 0.6) is 0 Å². The smallest absolute Gasteiger partial charge is 0.412 e. The molecule has 3 aromatic carbocycles. The minimum atomic E-state index is -1.17. The van der Waals surface area contributed by atoms with Crippen LogP contribution in [0.4, 0.5) is 21.0 Å². The zero-order valence-corrected chi connectivity index (χ0v) is 25.5. The molecule has 0 radical (unpaired) electrons. The van der Waals surface area contributed by atoms with Crippen molar-refractivity contribution in [2.75, 3.05) is 24.4 Å². The van der Waals surface area contributed by atoms with Crippen molar-refractivity contribution >= 4 is 52.7 Å². The summed E-state index contributed by atoms with van der Waals surface area (Å²) >= 11 is 12.1. The Balaban J connectivity index is 1.51. The van der Waals surface area contributed by atoms with Crippen LogP contribution < -0.4 is 10.6 Å². The Kier molecular flexibility index (Phi) is 10.9. The predicted octanol–water partition coefficient (Wildman–Crippen LogP) is 7.01. The van der Waals surface area contributed by atoms with Crippen molar-refractivity contribution in [2.24, 2.45) is 5.92 Å². The van der Waals surface area contributed by atoms with Gasteiger partial charge in [0.1, 0.15) is 12.7 Å². The molecular weight excluding hydrogens is 599 g/mol. The maximum absolute atomic E-state index is 13.0. The Hall–Kier alpha value is -3.83. The molecule has 1 saturated heterocycles. The average molecular weight is 632 g/mol. The topological polar surface area (TPSA) is 121 Å². The van der Waals surface area contributed by atoms with E-state index in [1.807, 2.05) is 32.0 Å². The molecule has 3 aromatic rings. The summed E-state index contributed by atoms with van der Waals surface area (Å²) in [5.41, 5.74) is 3.14. The molecule has 12 heteroatoms. The zero-order chi connectivity index (χ0) is 31.1. The van der Waals surface area contributed by atoms with E-state index >= 15 is 0 Å². The van der Waals surface area contributed by atoms with Crippen LogP contribution in [0.15, 0.2) is 66.7 Å². The van der Waals surface area contributed by atoms with Crippen molar-refractivity contribution in [2.45, 2.75) is 45.4 Å². The first-order chi connectivity index (χ1) is 20.5. The lowest BCUT2D eigenvalue weighted by Gasteiger charge is -2.43. The lowest BCUT2D eigenvalue weighted by molar-refractivity contribution is -0.277. The van der Waals surface area contributed by atoms with Crippen molar-refractivity contribution in [3.05, 3.63) is 93.5 Å². The SMILES string of the molecule is COC1OC(COC(=O)Nc2cc(C)cc(C)c2)C(C)C(OC(=O)Nc2cc(Cl)cc(Cl)c2)C1OC(=O)c1ccccc1. The van der Waals surface area contributed by atoms with Crippen LogP contribution in [0.1, 0.15) is 28.4 Å². The molecule has 2 amide bonds. The summed E-state index contributed by atoms with van der Waals surface area (Å²) in [6.07, 6.45) is -5.74. The van der Waals surface area contributed by atoms with E-state index in [0.717, 1.165) is 11.1 Å². The highest BCUT2D eigenvalue weighted by molar-refractivity contribution is 6.35. The second-order valence-electron chi connectivity index (χ2n) is 10.1. The lowest BCUT2D eigenvalue weighted by atomic mass is 9.90. The number of anilines is 2. The molecule has 0 spiro atoms. The van der Waals surface area contributed by atoms with Crippen LogP contribution in [0.2, 0.25) is 10.0 Å². The summed E-state index contributed by atoms with van der Waals surface area (Å²) in [5, 5.41) is 5.91. The molecule has 10 nitrogen and oxygen atoms in total. The molecule has 2 N–H and O–H groups in total. The van der Waals surface area contributed by atoms with Gasteiger partial charge in [0.25, 0.3) is 0 Å². The Morgan fingerprint density at radius 2 is 1.42 bits per heavy atom. The number of hydrogen-bond acceptors (Lipinski definition) is 8. The summed E-state index contributed by atoms with van der Waals surface area (Å²) in [6, 6.07) is 18.5. The van der Waals surface area contributed by atoms with E-state index in [9.17, 15) is 14.4 Å². The van der Waals surface area contributed by atoms with Gasteiger partial charge >= 0.3 is 18.2 Å². The van der Waals surface area contributed by atoms with Crippen molar-refractivity contribution in [1.29, 1.82) is 0 Å². The van der Waals surface area contributed by atoms with Crippen molar-refractivity contribution in [1.82, 2.24) is 0 Å². The minimum Gasteiger partial charge on any atom is -0.449 e. The lowest BCUT2D eigenvalue weighted by Crippen LogP contribution is -2.58. The monoisotopic (exact) mass is 630 g/mol. The third-order valence-electron chi connectivity index (χ3n) is 6.69. The molecule has 1 heterocycles. The Labute approximate surface area is 259 Å². The van der Waals surface area contributed by atoms with Crippen LogP contribution in [-0.4, -0.2) is 56.5 Å². The molecular formula is C31H32Cl2N2O8. The third kappa shape index (κ3) is 8.84. The van der Waals surface area contributed by atoms with E-state index in [4.69, 9.17) is 46.9 Å². The van der Waals surface area contributed by atoms with Crippen LogP contribution in [-0.2, 0) is 23.7 Å². The van der Waals surface area contributed by atoms with E-state index < -0.39 is 48.7 Å². The maximum Gasteiger partial charge on any atom is 0.412 e. The highest BCUT2D eigenvalue weighted by Crippen LogP contribution is 2.32. The van der Waals surface area contributed by atoms with Crippen LogP contribution in [0, 0.1) is 19.8 Å². The van der Waals surface area contributed by atoms with Crippen LogP contribution in [0.25, 0.3) is 0 Å². The number of carbonyl (C=O) groups is 3. The second-order valence-corrected chi connectivity index (χ2v) is 11.0. The van der Waals surface area contributed by atoms with Gasteiger partial charge in [0.05, 0.1) is 5.56 Å². The van der Waals surface area contributed by atoms with Crippen molar-refractivity contribution in [3.8, 4) is 0 Å². The standard InChI is InChI=1S/C31H32Cl2N2O8/c1-17-10-18(2)12-23(11-17)34-30(37)40-16-25-19(3)26(43-31(38)35-24-14-21(32)13-22(33)15-24)27(29(39-4)41-25)42-28(36)20-8-6-5-7-9-20/h5-15,19,25-27,29H,16H2,1-4H3,(H,34,37)(H,35,38). The summed E-state index contributed by atoms with van der Waals surface area (Å²) in [4.78, 5) is 38.7. The van der Waals surface area contributed by atoms with E-state index in [2.05, 4.69) is 10.6 Å². The molecule has 5 unspecified atom stereocenters. The van der Waals surface area contributed by atoms with Gasteiger partial charge < -0.3 is 23.7 Å². The molecule has 1 aliphatic rings. The summed E-state index contributed by atoms with van der Waals surface area (Å²) in [7, 11) is 1.36. The van der Waals surface area contributed by atoms with Crippen molar-refractivity contribution in [3.63, 3.8) is 0 Å². The summed E-state index contributed by atoms with van der Waals surface area (Å²) in [6.45, 7) is 5.36. The normalized spacial score (nSPS) is 21.4. The molecule has 0 saturated carbocycles. The number of carbonyl (C=O) groups excluding carboxylic acids is 3. The van der Waals surface area contributed by atoms with E-state index in [0.29, 0.717) is 21.4 Å². The Bertz CT molecular complexity index is 1410. The molecule has 1 fully saturated rings. The van der Waals surface area contributed by atoms with Gasteiger partial charge in [-0.05, 0) is 67.4 Å². The number of amides is 2. The van der Waals surface area contributed by atoms with Crippen LogP contribution in [0.3, 0.4) is 0 Å². The average Bonchev–Trinajstić information content (AvgIpc) is 2.93. The van der Waals surface area contributed by atoms with Gasteiger partial charge in [0, 0.05) is 34.4 Å². The minimum absolute atomic E-state index is 0.206. The van der Waals surface area contributed by atoms with E-state index in [-0.39, 0.29) is 12.2 Å². The van der Waals surface area contributed by atoms with Gasteiger partial charge in [-0.2, -0.15) is 0 Å². The predicted molar refractivity (Wildman–Crippen MR) is 162 cm³/mol. The van der Waals surface area contributed by atoms with Gasteiger partial charge in [0.2, 0.25) is 0 Å². The molecule has 5 atom stereocenters. The van der Waals surface area contributed by atoms with E-state index in [1.54, 1.807) is 37.3 Å². The number of ether oxygens (including phenoxy) is 5. The number of benzene rings is 3. The summed E-state index contributed by atoms with van der Waals surface area (Å²) in [5.74, 6) is -1.29. The number of rotatable bonds is 8. The molecule has 0 aliphatic carbocycles. The number of esters is 1. The summed E-state index contributed by atoms with van der Waals surface area (Å²) < 4.78 is 28.6. The van der Waals surface area contributed by atoms with Gasteiger partial charge in [0.15, 0.2) is 18.5 Å². The Morgan fingerprint density at radius 1 is 0.814 bits per heavy atom. The first kappa shape index (κ1) is 32.1. The first-order valence-corrected chi connectivity index (χ1v) is 14.2. The molecule has 0 aromatic heterocycles. The molecule has 228 valence electrons. The fraction of sp³-hybridized carbons (Fsp3) is 0.323. The number of hydrogen-bond donors (Lipinski definition) is 2. The number of methoxy groups -OCH3 is 1. The number of aryl methyl sites for hydroxylation is 2. The largest absolute Gasteiger partial charge is 0.449 e. The van der Waals surface area contributed by atoms with Crippen LogP contribution >= 0.6 is 23.2 Å². The van der Waals surface area contributed by atoms with Gasteiger partial charge in [-0.15, -0.1) is 0 Å². The number of halogens is 2. The third-order valence-corrected chi connectivity index (χ3v) is 7.13. The Morgan fingerprint density at radius 3 is 2.05 bits per heavy atom. The maximum atomic E-state index is 13.0. The van der Waals surface area contributed by atoms with Crippen molar-refractivity contribution < 1.29 is 38.1 Å². The fourth-order valence-electron chi connectivity index (χ4n) is 4.74. The second kappa shape index (κ2) is 14.6. The van der Waals surface area contributed by atoms with E-state index in [1.165, 1.54) is 25.3 Å². The molecule has 0 bridgehead atoms.